The highest BCUT2D eigenvalue weighted by Gasteiger charge is 2.12. The Morgan fingerprint density at radius 2 is 1.79 bits per heavy atom. The molecule has 0 saturated heterocycles. The topological polar surface area (TPSA) is 62.5 Å². The standard InChI is InChI=1S/C22H29N5O/c1-15-12-21-24-16(2)20(17(3)27(21)25-15)10-11-22(28)23-13-18-6-8-19(9-7-18)14-26(4)5/h6-9,12H,10-11,13-14H2,1-5H3,(H,23,28). The molecule has 0 saturated carbocycles. The molecule has 28 heavy (non-hydrogen) atoms. The highest BCUT2D eigenvalue weighted by atomic mass is 16.1. The van der Waals surface area contributed by atoms with Crippen molar-refractivity contribution in [3.8, 4) is 0 Å². The molecule has 1 N–H and O–H groups in total. The van der Waals surface area contributed by atoms with Gasteiger partial charge in [-0.3, -0.25) is 4.79 Å². The SMILES string of the molecule is Cc1cc2nc(C)c(CCC(=O)NCc3ccc(CN(C)C)cc3)c(C)n2n1. The molecule has 0 aliphatic heterocycles. The highest BCUT2D eigenvalue weighted by Crippen LogP contribution is 2.17. The summed E-state index contributed by atoms with van der Waals surface area (Å²) in [5, 5.41) is 7.51. The maximum absolute atomic E-state index is 12.3. The first-order valence-corrected chi connectivity index (χ1v) is 9.65. The quantitative estimate of drug-likeness (QED) is 0.686. The maximum atomic E-state index is 12.3. The Kier molecular flexibility index (Phi) is 6.09. The van der Waals surface area contributed by atoms with Gasteiger partial charge in [-0.05, 0) is 58.0 Å². The number of nitrogens with one attached hydrogen (secondary N) is 1. The number of aryl methyl sites for hydroxylation is 3. The minimum Gasteiger partial charge on any atom is -0.352 e. The van der Waals surface area contributed by atoms with Crippen LogP contribution in [0.1, 0.15) is 40.2 Å². The summed E-state index contributed by atoms with van der Waals surface area (Å²) in [6.45, 7) is 7.46. The van der Waals surface area contributed by atoms with E-state index in [4.69, 9.17) is 0 Å². The number of fused-ring (bicyclic) bond motifs is 1. The van der Waals surface area contributed by atoms with Crippen LogP contribution < -0.4 is 5.32 Å². The van der Waals surface area contributed by atoms with Crippen molar-refractivity contribution in [2.24, 2.45) is 0 Å². The van der Waals surface area contributed by atoms with Gasteiger partial charge in [-0.2, -0.15) is 5.10 Å². The second-order valence-corrected chi connectivity index (χ2v) is 7.65. The fourth-order valence-electron chi connectivity index (χ4n) is 3.46. The van der Waals surface area contributed by atoms with E-state index in [1.165, 1.54) is 5.56 Å². The molecule has 2 heterocycles. The molecule has 1 aromatic carbocycles. The lowest BCUT2D eigenvalue weighted by atomic mass is 10.1. The van der Waals surface area contributed by atoms with Gasteiger partial charge in [0.05, 0.1) is 5.69 Å². The number of carbonyl (C=O) groups is 1. The van der Waals surface area contributed by atoms with Crippen molar-refractivity contribution in [3.63, 3.8) is 0 Å². The number of benzene rings is 1. The van der Waals surface area contributed by atoms with Crippen LogP contribution >= 0.6 is 0 Å². The summed E-state index contributed by atoms with van der Waals surface area (Å²) >= 11 is 0. The van der Waals surface area contributed by atoms with Crippen LogP contribution in [0.25, 0.3) is 5.65 Å². The van der Waals surface area contributed by atoms with E-state index in [-0.39, 0.29) is 5.91 Å². The Bertz CT molecular complexity index is 973. The Hall–Kier alpha value is -2.73. The molecule has 0 bridgehead atoms. The molecule has 1 amide bonds. The van der Waals surface area contributed by atoms with Crippen LogP contribution in [-0.2, 0) is 24.3 Å². The van der Waals surface area contributed by atoms with Crippen LogP contribution in [0.15, 0.2) is 30.3 Å². The third-order valence-corrected chi connectivity index (χ3v) is 4.90. The van der Waals surface area contributed by atoms with E-state index in [1.54, 1.807) is 0 Å². The van der Waals surface area contributed by atoms with Gasteiger partial charge in [-0.25, -0.2) is 9.50 Å². The van der Waals surface area contributed by atoms with Crippen LogP contribution in [0, 0.1) is 20.8 Å². The zero-order valence-corrected chi connectivity index (χ0v) is 17.4. The zero-order chi connectivity index (χ0) is 20.3. The van der Waals surface area contributed by atoms with E-state index in [1.807, 2.05) is 31.4 Å². The van der Waals surface area contributed by atoms with Crippen molar-refractivity contribution < 1.29 is 4.79 Å². The lowest BCUT2D eigenvalue weighted by molar-refractivity contribution is -0.121. The first-order valence-electron chi connectivity index (χ1n) is 9.65. The van der Waals surface area contributed by atoms with Crippen molar-refractivity contribution in [1.82, 2.24) is 24.8 Å². The van der Waals surface area contributed by atoms with Crippen LogP contribution in [0.2, 0.25) is 0 Å². The molecular formula is C22H29N5O. The molecule has 0 aliphatic rings. The van der Waals surface area contributed by atoms with Crippen molar-refractivity contribution in [1.29, 1.82) is 0 Å². The molecular weight excluding hydrogens is 350 g/mol. The first kappa shape index (κ1) is 20.0. The number of hydrogen-bond acceptors (Lipinski definition) is 4. The van der Waals surface area contributed by atoms with E-state index < -0.39 is 0 Å². The largest absolute Gasteiger partial charge is 0.352 e. The van der Waals surface area contributed by atoms with Crippen molar-refractivity contribution in [2.75, 3.05) is 14.1 Å². The van der Waals surface area contributed by atoms with Crippen molar-refractivity contribution >= 4 is 11.6 Å². The number of aromatic nitrogens is 3. The third-order valence-electron chi connectivity index (χ3n) is 4.90. The molecule has 0 fully saturated rings. The summed E-state index contributed by atoms with van der Waals surface area (Å²) in [6, 6.07) is 10.3. The minimum absolute atomic E-state index is 0.0490. The van der Waals surface area contributed by atoms with E-state index in [0.29, 0.717) is 19.4 Å². The highest BCUT2D eigenvalue weighted by molar-refractivity contribution is 5.76. The zero-order valence-electron chi connectivity index (χ0n) is 17.4. The van der Waals surface area contributed by atoms with E-state index >= 15 is 0 Å². The summed E-state index contributed by atoms with van der Waals surface area (Å²) in [5.74, 6) is 0.0490. The summed E-state index contributed by atoms with van der Waals surface area (Å²) in [6.07, 6.45) is 1.10. The smallest absolute Gasteiger partial charge is 0.220 e. The number of rotatable bonds is 7. The molecule has 0 atom stereocenters. The van der Waals surface area contributed by atoms with Gasteiger partial charge in [0.1, 0.15) is 0 Å². The van der Waals surface area contributed by atoms with Gasteiger partial charge in [-0.15, -0.1) is 0 Å². The Morgan fingerprint density at radius 3 is 2.46 bits per heavy atom. The van der Waals surface area contributed by atoms with Gasteiger partial charge in [0.2, 0.25) is 5.91 Å². The molecule has 6 heteroatoms. The van der Waals surface area contributed by atoms with Crippen LogP contribution in [0.5, 0.6) is 0 Å². The predicted molar refractivity (Wildman–Crippen MR) is 111 cm³/mol. The van der Waals surface area contributed by atoms with Crippen molar-refractivity contribution in [3.05, 3.63) is 64.1 Å². The summed E-state index contributed by atoms with van der Waals surface area (Å²) in [5.41, 5.74) is 7.30. The molecule has 0 spiro atoms. The van der Waals surface area contributed by atoms with Gasteiger partial charge in [0.15, 0.2) is 5.65 Å². The molecule has 0 aliphatic carbocycles. The van der Waals surface area contributed by atoms with Gasteiger partial charge in [0.25, 0.3) is 0 Å². The van der Waals surface area contributed by atoms with Crippen molar-refractivity contribution in [2.45, 2.75) is 46.7 Å². The predicted octanol–water partition coefficient (Wildman–Crippen LogP) is 2.97. The average molecular weight is 380 g/mol. The summed E-state index contributed by atoms with van der Waals surface area (Å²) < 4.78 is 1.87. The van der Waals surface area contributed by atoms with Gasteiger partial charge >= 0.3 is 0 Å². The number of hydrogen-bond donors (Lipinski definition) is 1. The van der Waals surface area contributed by atoms with E-state index in [9.17, 15) is 4.79 Å². The molecule has 0 radical (unpaired) electrons. The number of carbonyl (C=O) groups excluding carboxylic acids is 1. The Labute approximate surface area is 166 Å². The van der Waals surface area contributed by atoms with Crippen LogP contribution in [0.4, 0.5) is 0 Å². The summed E-state index contributed by atoms with van der Waals surface area (Å²) in [7, 11) is 4.11. The first-order chi connectivity index (χ1) is 13.3. The molecule has 3 rings (SSSR count). The van der Waals surface area contributed by atoms with E-state index in [0.717, 1.165) is 40.4 Å². The lowest BCUT2D eigenvalue weighted by Gasteiger charge is -2.12. The minimum atomic E-state index is 0.0490. The molecule has 148 valence electrons. The van der Waals surface area contributed by atoms with Crippen LogP contribution in [-0.4, -0.2) is 39.5 Å². The van der Waals surface area contributed by atoms with Gasteiger partial charge in [-0.1, -0.05) is 24.3 Å². The fraction of sp³-hybridized carbons (Fsp3) is 0.409. The maximum Gasteiger partial charge on any atom is 0.220 e. The fourth-order valence-corrected chi connectivity index (χ4v) is 3.46. The molecule has 3 aromatic rings. The van der Waals surface area contributed by atoms with Gasteiger partial charge in [0, 0.05) is 37.0 Å². The second-order valence-electron chi connectivity index (χ2n) is 7.65. The summed E-state index contributed by atoms with van der Waals surface area (Å²) in [4.78, 5) is 19.1. The van der Waals surface area contributed by atoms with Gasteiger partial charge < -0.3 is 10.2 Å². The third kappa shape index (κ3) is 4.75. The number of nitrogens with zero attached hydrogens (tertiary/aromatic N) is 4. The monoisotopic (exact) mass is 379 g/mol. The normalized spacial score (nSPS) is 11.4. The van der Waals surface area contributed by atoms with E-state index in [2.05, 4.69) is 58.7 Å². The Morgan fingerprint density at radius 1 is 1.11 bits per heavy atom. The number of amides is 1. The Balaban J connectivity index is 1.56. The average Bonchev–Trinajstić information content (AvgIpc) is 3.01. The molecule has 0 unspecified atom stereocenters. The molecule has 2 aromatic heterocycles. The molecule has 6 nitrogen and oxygen atoms in total. The lowest BCUT2D eigenvalue weighted by Crippen LogP contribution is -2.23. The second kappa shape index (κ2) is 8.52. The van der Waals surface area contributed by atoms with Crippen LogP contribution in [0.3, 0.4) is 0 Å².